The Kier molecular flexibility index (Phi) is 8.56. The lowest BCUT2D eigenvalue weighted by atomic mass is 11.8. The summed E-state index contributed by atoms with van der Waals surface area (Å²) in [5, 5.41) is 0. The average Bonchev–Trinajstić information content (AvgIpc) is 1.63. The monoisotopic (exact) mass is 198 g/mol. The van der Waals surface area contributed by atoms with Crippen LogP contribution in [0.15, 0.2) is 0 Å². The van der Waals surface area contributed by atoms with E-state index in [1.807, 2.05) is 11.2 Å². The van der Waals surface area contributed by atoms with E-state index in [1.165, 1.54) is 0 Å². The smallest absolute Gasteiger partial charge is 0.107 e. The van der Waals surface area contributed by atoms with E-state index in [4.69, 9.17) is 0 Å². The molecule has 0 saturated carbocycles. The van der Waals surface area contributed by atoms with Crippen molar-refractivity contribution in [3.8, 4) is 0 Å². The Morgan fingerprint density at radius 3 is 1.30 bits per heavy atom. The van der Waals surface area contributed by atoms with E-state index in [-0.39, 0.29) is 0 Å². The highest BCUT2D eigenvalue weighted by Gasteiger charge is 2.08. The zero-order chi connectivity index (χ0) is 8.78. The van der Waals surface area contributed by atoms with Crippen LogP contribution in [0.4, 0.5) is 0 Å². The van der Waals surface area contributed by atoms with E-state index in [2.05, 4.69) is 25.9 Å². The lowest BCUT2D eigenvalue weighted by molar-refractivity contribution is 0.690. The summed E-state index contributed by atoms with van der Waals surface area (Å²) in [6.07, 6.45) is 5.46. The third-order valence-electron chi connectivity index (χ3n) is 0.612. The van der Waals surface area contributed by atoms with Crippen molar-refractivity contribution < 1.29 is 4.21 Å². The van der Waals surface area contributed by atoms with Crippen molar-refractivity contribution in [2.75, 3.05) is 18.8 Å². The molecule has 0 bridgehead atoms. The standard InChI is InChI=1S/C4H12SSi.C2H6OS/c1-5-6(2,3)4;1-4(2)3/h1-4H3;1-2H3. The van der Waals surface area contributed by atoms with Gasteiger partial charge < -0.3 is 0 Å². The minimum absolute atomic E-state index is 0.611. The maximum absolute atomic E-state index is 9.56. The molecular formula is C6H18OS2Si. The van der Waals surface area contributed by atoms with Crippen molar-refractivity contribution in [1.82, 2.24) is 0 Å². The van der Waals surface area contributed by atoms with Gasteiger partial charge in [0.1, 0.15) is 7.22 Å². The molecule has 0 fully saturated rings. The molecular weight excluding hydrogens is 180 g/mol. The van der Waals surface area contributed by atoms with Crippen LogP contribution >= 0.6 is 11.2 Å². The van der Waals surface area contributed by atoms with Crippen LogP contribution in [0.3, 0.4) is 0 Å². The molecule has 0 spiro atoms. The van der Waals surface area contributed by atoms with Gasteiger partial charge in [-0.05, 0) is 6.26 Å². The van der Waals surface area contributed by atoms with Crippen LogP contribution < -0.4 is 0 Å². The first kappa shape index (κ1) is 13.3. The van der Waals surface area contributed by atoms with Crippen LogP contribution in [0.1, 0.15) is 0 Å². The Morgan fingerprint density at radius 1 is 1.20 bits per heavy atom. The molecule has 0 aliphatic heterocycles. The molecule has 0 aromatic rings. The van der Waals surface area contributed by atoms with E-state index in [9.17, 15) is 4.21 Å². The molecule has 0 atom stereocenters. The highest BCUT2D eigenvalue weighted by Crippen LogP contribution is 2.13. The summed E-state index contributed by atoms with van der Waals surface area (Å²) in [5.74, 6) is 0. The van der Waals surface area contributed by atoms with Gasteiger partial charge in [0, 0.05) is 23.3 Å². The summed E-state index contributed by atoms with van der Waals surface area (Å²) in [6.45, 7) is 7.03. The number of hydrogen-bond donors (Lipinski definition) is 0. The molecule has 1 nitrogen and oxygen atoms in total. The molecule has 0 aromatic heterocycles. The summed E-state index contributed by atoms with van der Waals surface area (Å²) in [7, 11) is -1.33. The molecule has 0 aliphatic rings. The maximum atomic E-state index is 9.56. The Balaban J connectivity index is 0. The van der Waals surface area contributed by atoms with Gasteiger partial charge in [-0.15, -0.1) is 0 Å². The van der Waals surface area contributed by atoms with Gasteiger partial charge in [-0.2, -0.15) is 11.2 Å². The van der Waals surface area contributed by atoms with Gasteiger partial charge in [-0.1, -0.05) is 19.6 Å². The summed E-state index contributed by atoms with van der Waals surface area (Å²) in [6, 6.07) is 0. The predicted octanol–water partition coefficient (Wildman–Crippen LogP) is 2.18. The largest absolute Gasteiger partial charge is 0.260 e. The molecule has 10 heavy (non-hydrogen) atoms. The summed E-state index contributed by atoms with van der Waals surface area (Å²) in [4.78, 5) is 0. The normalized spacial score (nSPS) is 10.7. The molecule has 0 heterocycles. The summed E-state index contributed by atoms with van der Waals surface area (Å²) >= 11 is 2.02. The lowest BCUT2D eigenvalue weighted by Gasteiger charge is -2.08. The topological polar surface area (TPSA) is 17.1 Å². The first-order chi connectivity index (χ1) is 4.29. The van der Waals surface area contributed by atoms with E-state index < -0.39 is 18.0 Å². The zero-order valence-electron chi connectivity index (χ0n) is 7.72. The molecule has 0 saturated heterocycles. The molecule has 0 unspecified atom stereocenters. The van der Waals surface area contributed by atoms with E-state index in [0.717, 1.165) is 0 Å². The predicted molar refractivity (Wildman–Crippen MR) is 56.9 cm³/mol. The maximum Gasteiger partial charge on any atom is 0.107 e. The zero-order valence-corrected chi connectivity index (χ0v) is 10.4. The van der Waals surface area contributed by atoms with Crippen molar-refractivity contribution in [1.29, 1.82) is 0 Å². The fourth-order valence-electron chi connectivity index (χ4n) is 0. The fraction of sp³-hybridized carbons (Fsp3) is 1.00. The van der Waals surface area contributed by atoms with Gasteiger partial charge in [-0.25, -0.2) is 0 Å². The Morgan fingerprint density at radius 2 is 1.30 bits per heavy atom. The Hall–Kier alpha value is 0.717. The van der Waals surface area contributed by atoms with E-state index in [1.54, 1.807) is 12.5 Å². The van der Waals surface area contributed by atoms with Gasteiger partial charge in [0.25, 0.3) is 0 Å². The molecule has 0 amide bonds. The SMILES string of the molecule is CS(C)=O.CS[Si](C)(C)C. The third-order valence-corrected chi connectivity index (χ3v) is 5.51. The van der Waals surface area contributed by atoms with Crippen molar-refractivity contribution in [3.63, 3.8) is 0 Å². The van der Waals surface area contributed by atoms with Crippen LogP contribution in [0, 0.1) is 0 Å². The summed E-state index contributed by atoms with van der Waals surface area (Å²) in [5.41, 5.74) is 0. The van der Waals surface area contributed by atoms with Crippen molar-refractivity contribution >= 4 is 29.2 Å². The van der Waals surface area contributed by atoms with Crippen LogP contribution in [-0.4, -0.2) is 30.2 Å². The molecule has 0 radical (unpaired) electrons. The van der Waals surface area contributed by atoms with Gasteiger partial charge in [0.2, 0.25) is 0 Å². The second-order valence-corrected chi connectivity index (χ2v) is 14.1. The van der Waals surface area contributed by atoms with Gasteiger partial charge in [0.15, 0.2) is 0 Å². The molecule has 0 aromatic carbocycles. The molecule has 0 rings (SSSR count). The quantitative estimate of drug-likeness (QED) is 0.601. The fourth-order valence-corrected chi connectivity index (χ4v) is 0. The van der Waals surface area contributed by atoms with E-state index in [0.29, 0.717) is 0 Å². The second-order valence-electron chi connectivity index (χ2n) is 3.06. The van der Waals surface area contributed by atoms with Crippen molar-refractivity contribution in [2.24, 2.45) is 0 Å². The second kappa shape index (κ2) is 6.43. The number of hydrogen-bond acceptors (Lipinski definition) is 2. The van der Waals surface area contributed by atoms with Gasteiger partial charge >= 0.3 is 0 Å². The molecule has 64 valence electrons. The molecule has 4 heteroatoms. The number of rotatable bonds is 1. The first-order valence-corrected chi connectivity index (χ1v) is 10.5. The van der Waals surface area contributed by atoms with Crippen LogP contribution in [0.5, 0.6) is 0 Å². The van der Waals surface area contributed by atoms with Gasteiger partial charge in [-0.3, -0.25) is 4.21 Å². The highest BCUT2D eigenvalue weighted by molar-refractivity contribution is 8.28. The third kappa shape index (κ3) is 37.6. The average molecular weight is 198 g/mol. The minimum atomic E-state index is -0.715. The van der Waals surface area contributed by atoms with Crippen molar-refractivity contribution in [3.05, 3.63) is 0 Å². The van der Waals surface area contributed by atoms with Crippen LogP contribution in [0.25, 0.3) is 0 Å². The molecule has 0 aliphatic carbocycles. The summed E-state index contributed by atoms with van der Waals surface area (Å²) < 4.78 is 9.56. The highest BCUT2D eigenvalue weighted by atomic mass is 32.4. The van der Waals surface area contributed by atoms with Gasteiger partial charge in [0.05, 0.1) is 0 Å². The van der Waals surface area contributed by atoms with Crippen molar-refractivity contribution in [2.45, 2.75) is 19.6 Å². The van der Waals surface area contributed by atoms with Crippen LogP contribution in [0.2, 0.25) is 19.6 Å². The first-order valence-electron chi connectivity index (χ1n) is 3.10. The Bertz CT molecular complexity index is 94.4. The van der Waals surface area contributed by atoms with Crippen LogP contribution in [-0.2, 0) is 10.8 Å². The molecule has 0 N–H and O–H groups in total. The van der Waals surface area contributed by atoms with E-state index >= 15 is 0 Å². The lowest BCUT2D eigenvalue weighted by Crippen LogP contribution is -2.11. The minimum Gasteiger partial charge on any atom is -0.260 e. The Labute approximate surface area is 72.1 Å².